The highest BCUT2D eigenvalue weighted by Crippen LogP contribution is 2.25. The molecule has 1 N–H and O–H groups in total. The van der Waals surface area contributed by atoms with Crippen molar-refractivity contribution < 1.29 is 14.6 Å². The van der Waals surface area contributed by atoms with Crippen LogP contribution in [0.25, 0.3) is 10.9 Å². The van der Waals surface area contributed by atoms with Gasteiger partial charge in [0, 0.05) is 17.4 Å². The standard InChI is InChI=1S/C18H17NO3/c1-12-3-5-13(6-4-12)11-19-16-8-7-15(22-2)9-14(16)10-17(19)18(20)21/h3-10H,11H2,1-2H3,(H,20,21). The maximum Gasteiger partial charge on any atom is 0.352 e. The lowest BCUT2D eigenvalue weighted by molar-refractivity contribution is 0.0686. The molecule has 4 nitrogen and oxygen atoms in total. The largest absolute Gasteiger partial charge is 0.497 e. The minimum absolute atomic E-state index is 0.281. The molecule has 0 atom stereocenters. The van der Waals surface area contributed by atoms with Crippen LogP contribution in [-0.4, -0.2) is 22.8 Å². The SMILES string of the molecule is COc1ccc2c(c1)cc(C(=O)O)n2Cc1ccc(C)cc1. The summed E-state index contributed by atoms with van der Waals surface area (Å²) in [5, 5.41) is 10.3. The zero-order valence-electron chi connectivity index (χ0n) is 12.5. The number of carboxylic acid groups (broad SMARTS) is 1. The molecular weight excluding hydrogens is 278 g/mol. The van der Waals surface area contributed by atoms with Gasteiger partial charge in [0.15, 0.2) is 0 Å². The molecule has 3 aromatic rings. The number of aromatic nitrogens is 1. The third kappa shape index (κ3) is 2.55. The second kappa shape index (κ2) is 5.56. The number of carbonyl (C=O) groups is 1. The Morgan fingerprint density at radius 1 is 1.14 bits per heavy atom. The van der Waals surface area contributed by atoms with Crippen LogP contribution in [0.3, 0.4) is 0 Å². The van der Waals surface area contributed by atoms with E-state index < -0.39 is 5.97 Å². The summed E-state index contributed by atoms with van der Waals surface area (Å²) in [6.07, 6.45) is 0. The maximum absolute atomic E-state index is 11.5. The summed E-state index contributed by atoms with van der Waals surface area (Å²) >= 11 is 0. The smallest absolute Gasteiger partial charge is 0.352 e. The molecule has 4 heteroatoms. The molecule has 0 saturated heterocycles. The Hall–Kier alpha value is -2.75. The minimum Gasteiger partial charge on any atom is -0.497 e. The summed E-state index contributed by atoms with van der Waals surface area (Å²) < 4.78 is 7.03. The van der Waals surface area contributed by atoms with Crippen molar-refractivity contribution in [3.8, 4) is 5.75 Å². The highest BCUT2D eigenvalue weighted by molar-refractivity contribution is 5.95. The Kier molecular flexibility index (Phi) is 3.59. The van der Waals surface area contributed by atoms with E-state index in [0.29, 0.717) is 6.54 Å². The van der Waals surface area contributed by atoms with Crippen LogP contribution in [0.2, 0.25) is 0 Å². The molecule has 1 aromatic heterocycles. The van der Waals surface area contributed by atoms with Crippen LogP contribution < -0.4 is 4.74 Å². The van der Waals surface area contributed by atoms with Gasteiger partial charge >= 0.3 is 5.97 Å². The number of aromatic carboxylic acids is 1. The Labute approximate surface area is 128 Å². The van der Waals surface area contributed by atoms with E-state index >= 15 is 0 Å². The predicted molar refractivity (Wildman–Crippen MR) is 85.7 cm³/mol. The summed E-state index contributed by atoms with van der Waals surface area (Å²) in [4.78, 5) is 11.5. The van der Waals surface area contributed by atoms with E-state index in [1.54, 1.807) is 13.2 Å². The van der Waals surface area contributed by atoms with Crippen LogP contribution in [0.4, 0.5) is 0 Å². The van der Waals surface area contributed by atoms with Gasteiger partial charge in [0.05, 0.1) is 7.11 Å². The summed E-state index contributed by atoms with van der Waals surface area (Å²) in [5.74, 6) is -0.209. The molecule has 0 bridgehead atoms. The third-order valence-electron chi connectivity index (χ3n) is 3.79. The van der Waals surface area contributed by atoms with E-state index in [-0.39, 0.29) is 5.69 Å². The Balaban J connectivity index is 2.11. The Bertz CT molecular complexity index is 831. The fourth-order valence-electron chi connectivity index (χ4n) is 2.60. The van der Waals surface area contributed by atoms with Crippen molar-refractivity contribution in [2.75, 3.05) is 7.11 Å². The second-order valence-electron chi connectivity index (χ2n) is 5.33. The molecule has 3 rings (SSSR count). The van der Waals surface area contributed by atoms with Gasteiger partial charge in [-0.1, -0.05) is 29.8 Å². The number of ether oxygens (including phenoxy) is 1. The van der Waals surface area contributed by atoms with Crippen molar-refractivity contribution in [3.63, 3.8) is 0 Å². The second-order valence-corrected chi connectivity index (χ2v) is 5.33. The molecule has 0 aliphatic carbocycles. The average molecular weight is 295 g/mol. The lowest BCUT2D eigenvalue weighted by Crippen LogP contribution is -2.09. The van der Waals surface area contributed by atoms with E-state index in [0.717, 1.165) is 22.2 Å². The van der Waals surface area contributed by atoms with E-state index in [1.165, 1.54) is 5.56 Å². The van der Waals surface area contributed by atoms with Crippen molar-refractivity contribution in [2.24, 2.45) is 0 Å². The van der Waals surface area contributed by atoms with Gasteiger partial charge in [0.25, 0.3) is 0 Å². The summed E-state index contributed by atoms with van der Waals surface area (Å²) in [6, 6.07) is 15.4. The number of hydrogen-bond acceptors (Lipinski definition) is 2. The lowest BCUT2D eigenvalue weighted by atomic mass is 10.1. The minimum atomic E-state index is -0.928. The number of methoxy groups -OCH3 is 1. The summed E-state index contributed by atoms with van der Waals surface area (Å²) in [6.45, 7) is 2.56. The molecule has 0 unspecified atom stereocenters. The fourth-order valence-corrected chi connectivity index (χ4v) is 2.60. The quantitative estimate of drug-likeness (QED) is 0.798. The molecule has 112 valence electrons. The van der Waals surface area contributed by atoms with E-state index in [9.17, 15) is 9.90 Å². The third-order valence-corrected chi connectivity index (χ3v) is 3.79. The number of rotatable bonds is 4. The van der Waals surface area contributed by atoms with Crippen molar-refractivity contribution in [1.82, 2.24) is 4.57 Å². The molecule has 0 aliphatic heterocycles. The van der Waals surface area contributed by atoms with Crippen molar-refractivity contribution in [3.05, 3.63) is 65.4 Å². The molecule has 22 heavy (non-hydrogen) atoms. The van der Waals surface area contributed by atoms with Crippen LogP contribution in [0, 0.1) is 6.92 Å². The number of nitrogens with zero attached hydrogens (tertiary/aromatic N) is 1. The predicted octanol–water partition coefficient (Wildman–Crippen LogP) is 3.70. The molecule has 0 radical (unpaired) electrons. The van der Waals surface area contributed by atoms with Gasteiger partial charge in [-0.15, -0.1) is 0 Å². The Morgan fingerprint density at radius 2 is 1.86 bits per heavy atom. The van der Waals surface area contributed by atoms with Crippen LogP contribution in [0.1, 0.15) is 21.6 Å². The number of hydrogen-bond donors (Lipinski definition) is 1. The first kappa shape index (κ1) is 14.2. The number of aryl methyl sites for hydroxylation is 1. The highest BCUT2D eigenvalue weighted by atomic mass is 16.5. The molecule has 0 fully saturated rings. The van der Waals surface area contributed by atoms with E-state index in [1.807, 2.05) is 54.0 Å². The first-order valence-electron chi connectivity index (χ1n) is 7.04. The van der Waals surface area contributed by atoms with Gasteiger partial charge in [-0.2, -0.15) is 0 Å². The molecule has 0 saturated carbocycles. The van der Waals surface area contributed by atoms with Crippen molar-refractivity contribution in [1.29, 1.82) is 0 Å². The van der Waals surface area contributed by atoms with Crippen LogP contribution >= 0.6 is 0 Å². The van der Waals surface area contributed by atoms with Crippen molar-refractivity contribution >= 4 is 16.9 Å². The average Bonchev–Trinajstić information content (AvgIpc) is 2.87. The van der Waals surface area contributed by atoms with Gasteiger partial charge in [0.1, 0.15) is 11.4 Å². The van der Waals surface area contributed by atoms with Crippen LogP contribution in [0.15, 0.2) is 48.5 Å². The molecule has 0 spiro atoms. The summed E-state index contributed by atoms with van der Waals surface area (Å²) in [7, 11) is 1.60. The van der Waals surface area contributed by atoms with Gasteiger partial charge in [0.2, 0.25) is 0 Å². The zero-order chi connectivity index (χ0) is 15.7. The molecule has 0 amide bonds. The topological polar surface area (TPSA) is 51.5 Å². The molecule has 1 heterocycles. The monoisotopic (exact) mass is 295 g/mol. The first-order valence-corrected chi connectivity index (χ1v) is 7.04. The molecular formula is C18H17NO3. The van der Waals surface area contributed by atoms with Gasteiger partial charge < -0.3 is 14.4 Å². The molecule has 2 aromatic carbocycles. The highest BCUT2D eigenvalue weighted by Gasteiger charge is 2.15. The fraction of sp³-hybridized carbons (Fsp3) is 0.167. The van der Waals surface area contributed by atoms with Crippen molar-refractivity contribution in [2.45, 2.75) is 13.5 Å². The lowest BCUT2D eigenvalue weighted by Gasteiger charge is -2.09. The first-order chi connectivity index (χ1) is 10.6. The molecule has 0 aliphatic rings. The van der Waals surface area contributed by atoms with E-state index in [4.69, 9.17) is 4.74 Å². The van der Waals surface area contributed by atoms with E-state index in [2.05, 4.69) is 0 Å². The van der Waals surface area contributed by atoms with Gasteiger partial charge in [-0.05, 0) is 36.8 Å². The number of fused-ring (bicyclic) bond motifs is 1. The zero-order valence-corrected chi connectivity index (χ0v) is 12.5. The number of carboxylic acids is 1. The van der Waals surface area contributed by atoms with Gasteiger partial charge in [-0.3, -0.25) is 0 Å². The van der Waals surface area contributed by atoms with Crippen LogP contribution in [-0.2, 0) is 6.54 Å². The normalized spacial score (nSPS) is 10.8. The number of benzene rings is 2. The van der Waals surface area contributed by atoms with Gasteiger partial charge in [-0.25, -0.2) is 4.79 Å². The summed E-state index contributed by atoms with van der Waals surface area (Å²) in [5.41, 5.74) is 3.42. The maximum atomic E-state index is 11.5. The van der Waals surface area contributed by atoms with Crippen LogP contribution in [0.5, 0.6) is 5.75 Å². The Morgan fingerprint density at radius 3 is 2.50 bits per heavy atom.